The highest BCUT2D eigenvalue weighted by Crippen LogP contribution is 2.38. The highest BCUT2D eigenvalue weighted by atomic mass is 32.2. The molecule has 11 heteroatoms. The number of piperidine rings is 1. The number of rotatable bonds is 5. The number of hydrogen-bond acceptors (Lipinski definition) is 7. The molecular formula is C28H35N7O3S. The number of aryl methyl sites for hydroxylation is 1. The van der Waals surface area contributed by atoms with Crippen LogP contribution in [0.25, 0.3) is 27.8 Å². The molecule has 0 bridgehead atoms. The van der Waals surface area contributed by atoms with E-state index in [1.807, 2.05) is 22.9 Å². The molecule has 206 valence electrons. The van der Waals surface area contributed by atoms with Crippen molar-refractivity contribution in [1.29, 1.82) is 0 Å². The van der Waals surface area contributed by atoms with Gasteiger partial charge in [0.05, 0.1) is 23.7 Å². The van der Waals surface area contributed by atoms with Gasteiger partial charge in [0, 0.05) is 48.8 Å². The van der Waals surface area contributed by atoms with Gasteiger partial charge in [-0.3, -0.25) is 9.69 Å². The summed E-state index contributed by atoms with van der Waals surface area (Å²) in [6, 6.07) is 8.88. The minimum absolute atomic E-state index is 0.107. The van der Waals surface area contributed by atoms with E-state index in [1.54, 1.807) is 4.52 Å². The summed E-state index contributed by atoms with van der Waals surface area (Å²) >= 11 is 0. The van der Waals surface area contributed by atoms with E-state index in [9.17, 15) is 13.2 Å². The van der Waals surface area contributed by atoms with Crippen molar-refractivity contribution in [2.75, 3.05) is 44.2 Å². The number of carbonyl (C=O) groups excluding carboxylic acids is 1. The van der Waals surface area contributed by atoms with Crippen molar-refractivity contribution in [1.82, 2.24) is 34.8 Å². The van der Waals surface area contributed by atoms with Gasteiger partial charge in [0.25, 0.3) is 0 Å². The van der Waals surface area contributed by atoms with Gasteiger partial charge in [0.2, 0.25) is 5.91 Å². The minimum atomic E-state index is -2.94. The lowest BCUT2D eigenvalue weighted by Crippen LogP contribution is -2.48. The average molecular weight is 550 g/mol. The number of amides is 1. The number of sulfone groups is 1. The van der Waals surface area contributed by atoms with E-state index in [0.29, 0.717) is 31.5 Å². The number of nitrogens with one attached hydrogen (secondary N) is 1. The van der Waals surface area contributed by atoms with Crippen molar-refractivity contribution in [2.45, 2.75) is 45.4 Å². The highest BCUT2D eigenvalue weighted by molar-refractivity contribution is 7.91. The molecule has 1 N–H and O–H groups in total. The minimum Gasteiger partial charge on any atom is -0.354 e. The van der Waals surface area contributed by atoms with Crippen LogP contribution in [-0.2, 0) is 14.6 Å². The Kier molecular flexibility index (Phi) is 6.66. The highest BCUT2D eigenvalue weighted by Gasteiger charge is 2.28. The number of tetrazole rings is 1. The van der Waals surface area contributed by atoms with Gasteiger partial charge < -0.3 is 9.88 Å². The van der Waals surface area contributed by atoms with E-state index >= 15 is 0 Å². The Morgan fingerprint density at radius 1 is 1.10 bits per heavy atom. The molecule has 6 rings (SSSR count). The van der Waals surface area contributed by atoms with Crippen LogP contribution >= 0.6 is 0 Å². The first kappa shape index (κ1) is 25.9. The van der Waals surface area contributed by atoms with E-state index < -0.39 is 9.84 Å². The van der Waals surface area contributed by atoms with E-state index in [0.717, 1.165) is 53.9 Å². The van der Waals surface area contributed by atoms with Crippen molar-refractivity contribution in [3.63, 3.8) is 0 Å². The topological polar surface area (TPSA) is 117 Å². The molecule has 0 aliphatic carbocycles. The summed E-state index contributed by atoms with van der Waals surface area (Å²) in [6.45, 7) is 9.15. The maximum absolute atomic E-state index is 12.9. The molecule has 3 aromatic heterocycles. The van der Waals surface area contributed by atoms with Gasteiger partial charge >= 0.3 is 0 Å². The van der Waals surface area contributed by atoms with Crippen molar-refractivity contribution in [3.05, 3.63) is 47.2 Å². The number of nitrogens with zero attached hydrogens (tertiary/aromatic N) is 6. The van der Waals surface area contributed by atoms with Crippen LogP contribution < -0.4 is 0 Å². The Morgan fingerprint density at radius 3 is 2.56 bits per heavy atom. The fourth-order valence-corrected chi connectivity index (χ4v) is 7.39. The van der Waals surface area contributed by atoms with Crippen LogP contribution in [0, 0.1) is 6.92 Å². The van der Waals surface area contributed by atoms with Gasteiger partial charge in [-0.2, -0.15) is 4.52 Å². The Labute approximate surface area is 228 Å². The van der Waals surface area contributed by atoms with Crippen LogP contribution in [0.1, 0.15) is 55.2 Å². The number of benzene rings is 1. The maximum Gasteiger partial charge on any atom is 0.236 e. The number of aromatic amines is 1. The number of pyridine rings is 1. The lowest BCUT2D eigenvalue weighted by atomic mass is 9.87. The summed E-state index contributed by atoms with van der Waals surface area (Å²) < 4.78 is 25.1. The second-order valence-electron chi connectivity index (χ2n) is 11.3. The Balaban J connectivity index is 1.19. The molecule has 0 spiro atoms. The number of hydrogen-bond donors (Lipinski definition) is 1. The van der Waals surface area contributed by atoms with E-state index in [1.165, 1.54) is 16.5 Å². The standard InChI is InChI=1S/C28H35N7O3S/c1-18(2)26-23-15-21(4-5-24(23)29-27(26)22-14-19(3)28-30-31-32-35(28)16-22)20-6-8-34(9-7-20)25(36)17-33-10-12-39(37,38)13-11-33/h4-5,14-16,18,20,29H,6-13,17H2,1-3H3. The summed E-state index contributed by atoms with van der Waals surface area (Å²) in [5, 5.41) is 13.3. The molecule has 0 atom stereocenters. The monoisotopic (exact) mass is 549 g/mol. The molecule has 2 saturated heterocycles. The Hall–Kier alpha value is -3.31. The van der Waals surface area contributed by atoms with Gasteiger partial charge in [-0.25, -0.2) is 8.42 Å². The molecule has 39 heavy (non-hydrogen) atoms. The molecule has 1 aromatic carbocycles. The largest absolute Gasteiger partial charge is 0.354 e. The summed E-state index contributed by atoms with van der Waals surface area (Å²) in [5.41, 5.74) is 7.67. The summed E-state index contributed by atoms with van der Waals surface area (Å²) in [7, 11) is -2.94. The molecule has 2 fully saturated rings. The fourth-order valence-electron chi connectivity index (χ4n) is 6.12. The second kappa shape index (κ2) is 10.0. The predicted octanol–water partition coefficient (Wildman–Crippen LogP) is 3.14. The second-order valence-corrected chi connectivity index (χ2v) is 13.6. The van der Waals surface area contributed by atoms with Crippen LogP contribution in [0.3, 0.4) is 0 Å². The smallest absolute Gasteiger partial charge is 0.236 e. The molecular weight excluding hydrogens is 514 g/mol. The van der Waals surface area contributed by atoms with Crippen LogP contribution in [0.4, 0.5) is 0 Å². The van der Waals surface area contributed by atoms with Crippen molar-refractivity contribution in [2.24, 2.45) is 0 Å². The van der Waals surface area contributed by atoms with Gasteiger partial charge in [-0.15, -0.1) is 5.10 Å². The van der Waals surface area contributed by atoms with Crippen molar-refractivity contribution < 1.29 is 13.2 Å². The van der Waals surface area contributed by atoms with Gasteiger partial charge in [-0.1, -0.05) is 19.9 Å². The summed E-state index contributed by atoms with van der Waals surface area (Å²) in [5.74, 6) is 1.12. The fraction of sp³-hybridized carbons (Fsp3) is 0.500. The number of H-pyrrole nitrogens is 1. The molecule has 1 amide bonds. The number of aromatic nitrogens is 5. The quantitative estimate of drug-likeness (QED) is 0.407. The Morgan fingerprint density at radius 2 is 1.85 bits per heavy atom. The molecule has 2 aliphatic rings. The van der Waals surface area contributed by atoms with Crippen LogP contribution in [-0.4, -0.2) is 93.4 Å². The molecule has 0 saturated carbocycles. The van der Waals surface area contributed by atoms with Crippen LogP contribution in [0.2, 0.25) is 0 Å². The van der Waals surface area contributed by atoms with Gasteiger partial charge in [-0.05, 0) is 76.9 Å². The first-order valence-corrected chi connectivity index (χ1v) is 15.6. The van der Waals surface area contributed by atoms with E-state index in [2.05, 4.69) is 58.6 Å². The molecule has 2 aliphatic heterocycles. The third-order valence-electron chi connectivity index (χ3n) is 8.32. The van der Waals surface area contributed by atoms with Crippen LogP contribution in [0.5, 0.6) is 0 Å². The number of carbonyl (C=O) groups is 1. The first-order chi connectivity index (χ1) is 18.7. The molecule has 4 aromatic rings. The van der Waals surface area contributed by atoms with E-state index in [4.69, 9.17) is 0 Å². The summed E-state index contributed by atoms with van der Waals surface area (Å²) in [6.07, 6.45) is 3.83. The molecule has 0 unspecified atom stereocenters. The zero-order chi connectivity index (χ0) is 27.3. The zero-order valence-electron chi connectivity index (χ0n) is 22.7. The number of likely N-dealkylation sites (tertiary alicyclic amines) is 1. The molecule has 5 heterocycles. The van der Waals surface area contributed by atoms with E-state index in [-0.39, 0.29) is 17.4 Å². The first-order valence-electron chi connectivity index (χ1n) is 13.7. The lowest BCUT2D eigenvalue weighted by Gasteiger charge is -2.34. The Bertz CT molecular complexity index is 1630. The van der Waals surface area contributed by atoms with Crippen molar-refractivity contribution in [3.8, 4) is 11.3 Å². The third kappa shape index (κ3) is 5.05. The average Bonchev–Trinajstić information content (AvgIpc) is 3.55. The predicted molar refractivity (Wildman–Crippen MR) is 151 cm³/mol. The maximum atomic E-state index is 12.9. The zero-order valence-corrected chi connectivity index (χ0v) is 23.5. The van der Waals surface area contributed by atoms with Crippen molar-refractivity contribution >= 4 is 32.3 Å². The SMILES string of the molecule is Cc1cc(-c2[nH]c3ccc(C4CCN(C(=O)CN5CCS(=O)(=O)CC5)CC4)cc3c2C(C)C)cn2nnnc12. The summed E-state index contributed by atoms with van der Waals surface area (Å²) in [4.78, 5) is 20.5. The van der Waals surface area contributed by atoms with Gasteiger partial charge in [0.15, 0.2) is 15.5 Å². The number of fused-ring (bicyclic) bond motifs is 2. The lowest BCUT2D eigenvalue weighted by molar-refractivity contribution is -0.133. The normalized spacial score (nSPS) is 18.9. The van der Waals surface area contributed by atoms with Gasteiger partial charge in [0.1, 0.15) is 0 Å². The molecule has 0 radical (unpaired) electrons. The molecule has 10 nitrogen and oxygen atoms in total. The third-order valence-corrected chi connectivity index (χ3v) is 9.93. The van der Waals surface area contributed by atoms with Crippen LogP contribution in [0.15, 0.2) is 30.5 Å².